The van der Waals surface area contributed by atoms with Crippen molar-refractivity contribution in [3.05, 3.63) is 0 Å². The van der Waals surface area contributed by atoms with Crippen LogP contribution in [0.3, 0.4) is 0 Å². The first-order valence-electron chi connectivity index (χ1n) is 7.46. The smallest absolute Gasteiger partial charge is 0.410 e. The Bertz CT molecular complexity index is 442. The number of sulfone groups is 1. The second-order valence-corrected chi connectivity index (χ2v) is 8.94. The van der Waals surface area contributed by atoms with Gasteiger partial charge in [-0.2, -0.15) is 0 Å². The molecule has 1 aliphatic heterocycles. The standard InChI is InChI=1S/C14H28N2O4S/c1-14(2,3)20-13(17)16-9-5-6-12(7-10-16)15-8-11-21(4,18)19/h12,15H,5-11H2,1-4H3. The SMILES string of the molecule is CC(C)(C)OC(=O)N1CCCC(NCCS(C)(=O)=O)CC1. The van der Waals surface area contributed by atoms with E-state index in [1.165, 1.54) is 6.26 Å². The first-order chi connectivity index (χ1) is 9.57. The normalized spacial score (nSPS) is 21.0. The number of likely N-dealkylation sites (tertiary alicyclic amines) is 1. The summed E-state index contributed by atoms with van der Waals surface area (Å²) in [6.07, 6.45) is 3.65. The molecule has 1 N–H and O–H groups in total. The van der Waals surface area contributed by atoms with E-state index in [1.54, 1.807) is 4.90 Å². The minimum Gasteiger partial charge on any atom is -0.444 e. The average Bonchev–Trinajstić information content (AvgIpc) is 2.50. The van der Waals surface area contributed by atoms with E-state index in [0.717, 1.165) is 19.3 Å². The van der Waals surface area contributed by atoms with E-state index >= 15 is 0 Å². The van der Waals surface area contributed by atoms with Crippen molar-refractivity contribution >= 4 is 15.9 Å². The monoisotopic (exact) mass is 320 g/mol. The van der Waals surface area contributed by atoms with Gasteiger partial charge in [-0.25, -0.2) is 13.2 Å². The molecule has 0 aromatic heterocycles. The Kier molecular flexibility index (Phi) is 6.46. The summed E-state index contributed by atoms with van der Waals surface area (Å²) >= 11 is 0. The molecule has 21 heavy (non-hydrogen) atoms. The molecule has 1 unspecified atom stereocenters. The van der Waals surface area contributed by atoms with Crippen molar-refractivity contribution in [2.75, 3.05) is 31.6 Å². The molecule has 1 heterocycles. The fourth-order valence-corrected chi connectivity index (χ4v) is 2.75. The molecule has 6 nitrogen and oxygen atoms in total. The van der Waals surface area contributed by atoms with Crippen LogP contribution in [0.5, 0.6) is 0 Å². The van der Waals surface area contributed by atoms with Crippen LogP contribution in [0.4, 0.5) is 4.79 Å². The van der Waals surface area contributed by atoms with Gasteiger partial charge in [0.1, 0.15) is 15.4 Å². The maximum atomic E-state index is 12.0. The van der Waals surface area contributed by atoms with Gasteiger partial charge < -0.3 is 15.0 Å². The molecule has 1 fully saturated rings. The zero-order valence-corrected chi connectivity index (χ0v) is 14.3. The molecule has 124 valence electrons. The molecular weight excluding hydrogens is 292 g/mol. The number of nitrogens with one attached hydrogen (secondary N) is 1. The first kappa shape index (κ1) is 18.2. The van der Waals surface area contributed by atoms with Gasteiger partial charge in [-0.3, -0.25) is 0 Å². The van der Waals surface area contributed by atoms with Crippen LogP contribution in [-0.4, -0.2) is 62.7 Å². The maximum absolute atomic E-state index is 12.0. The number of carbonyl (C=O) groups is 1. The highest BCUT2D eigenvalue weighted by Gasteiger charge is 2.25. The van der Waals surface area contributed by atoms with Gasteiger partial charge in [0.05, 0.1) is 5.75 Å². The van der Waals surface area contributed by atoms with Gasteiger partial charge in [0, 0.05) is 31.9 Å². The molecule has 0 radical (unpaired) electrons. The summed E-state index contributed by atoms with van der Waals surface area (Å²) in [5.41, 5.74) is -0.476. The zero-order valence-electron chi connectivity index (χ0n) is 13.5. The lowest BCUT2D eigenvalue weighted by Crippen LogP contribution is -2.38. The van der Waals surface area contributed by atoms with E-state index in [1.807, 2.05) is 20.8 Å². The van der Waals surface area contributed by atoms with Gasteiger partial charge >= 0.3 is 6.09 Å². The summed E-state index contributed by atoms with van der Waals surface area (Å²) in [4.78, 5) is 13.8. The maximum Gasteiger partial charge on any atom is 0.410 e. The molecule has 0 aliphatic carbocycles. The van der Waals surface area contributed by atoms with Crippen molar-refractivity contribution in [3.63, 3.8) is 0 Å². The Morgan fingerprint density at radius 1 is 1.29 bits per heavy atom. The Hall–Kier alpha value is -0.820. The molecule has 1 rings (SSSR count). The van der Waals surface area contributed by atoms with Gasteiger partial charge in [0.15, 0.2) is 0 Å². The van der Waals surface area contributed by atoms with Gasteiger partial charge in [0.25, 0.3) is 0 Å². The highest BCUT2D eigenvalue weighted by molar-refractivity contribution is 7.90. The lowest BCUT2D eigenvalue weighted by molar-refractivity contribution is 0.0256. The first-order valence-corrected chi connectivity index (χ1v) is 9.52. The molecule has 0 bridgehead atoms. The molecule has 0 aromatic rings. The van der Waals surface area contributed by atoms with Gasteiger partial charge in [-0.1, -0.05) is 0 Å². The molecule has 1 atom stereocenters. The van der Waals surface area contributed by atoms with E-state index < -0.39 is 15.4 Å². The number of hydrogen-bond donors (Lipinski definition) is 1. The summed E-state index contributed by atoms with van der Waals surface area (Å²) in [7, 11) is -2.93. The third-order valence-electron chi connectivity index (χ3n) is 3.29. The minimum atomic E-state index is -2.93. The number of carbonyl (C=O) groups excluding carboxylic acids is 1. The van der Waals surface area contributed by atoms with E-state index in [-0.39, 0.29) is 17.9 Å². The van der Waals surface area contributed by atoms with Gasteiger partial charge in [-0.05, 0) is 40.0 Å². The summed E-state index contributed by atoms with van der Waals surface area (Å²) in [5.74, 6) is 0.152. The third kappa shape index (κ3) is 8.26. The van der Waals surface area contributed by atoms with Crippen molar-refractivity contribution in [3.8, 4) is 0 Å². The fourth-order valence-electron chi connectivity index (χ4n) is 2.26. The number of amides is 1. The summed E-state index contributed by atoms with van der Waals surface area (Å²) in [6.45, 7) is 7.38. The van der Waals surface area contributed by atoms with Crippen LogP contribution in [0.1, 0.15) is 40.0 Å². The molecule has 0 saturated carbocycles. The highest BCUT2D eigenvalue weighted by atomic mass is 32.2. The summed E-state index contributed by atoms with van der Waals surface area (Å²) < 4.78 is 27.6. The fraction of sp³-hybridized carbons (Fsp3) is 0.929. The molecule has 0 aromatic carbocycles. The number of rotatable bonds is 4. The Labute approximate surface area is 128 Å². The molecule has 0 spiro atoms. The van der Waals surface area contributed by atoms with E-state index in [4.69, 9.17) is 4.74 Å². The van der Waals surface area contributed by atoms with E-state index in [9.17, 15) is 13.2 Å². The van der Waals surface area contributed by atoms with Crippen molar-refractivity contribution in [1.82, 2.24) is 10.2 Å². The van der Waals surface area contributed by atoms with Crippen LogP contribution in [0, 0.1) is 0 Å². The Morgan fingerprint density at radius 2 is 1.95 bits per heavy atom. The Morgan fingerprint density at radius 3 is 2.52 bits per heavy atom. The van der Waals surface area contributed by atoms with Crippen LogP contribution < -0.4 is 5.32 Å². The summed E-state index contributed by atoms with van der Waals surface area (Å²) in [5, 5.41) is 3.27. The van der Waals surface area contributed by atoms with Crippen LogP contribution >= 0.6 is 0 Å². The third-order valence-corrected chi connectivity index (χ3v) is 4.23. The topological polar surface area (TPSA) is 75.7 Å². The van der Waals surface area contributed by atoms with Gasteiger partial charge in [-0.15, -0.1) is 0 Å². The average molecular weight is 320 g/mol. The number of hydrogen-bond acceptors (Lipinski definition) is 5. The summed E-state index contributed by atoms with van der Waals surface area (Å²) in [6, 6.07) is 0.263. The predicted molar refractivity (Wildman–Crippen MR) is 83.2 cm³/mol. The Balaban J connectivity index is 2.38. The highest BCUT2D eigenvalue weighted by Crippen LogP contribution is 2.15. The van der Waals surface area contributed by atoms with E-state index in [0.29, 0.717) is 19.6 Å². The lowest BCUT2D eigenvalue weighted by Gasteiger charge is -2.26. The zero-order chi connectivity index (χ0) is 16.1. The van der Waals surface area contributed by atoms with Crippen LogP contribution in [-0.2, 0) is 14.6 Å². The van der Waals surface area contributed by atoms with Gasteiger partial charge in [0.2, 0.25) is 0 Å². The minimum absolute atomic E-state index is 0.152. The predicted octanol–water partition coefficient (Wildman–Crippen LogP) is 1.41. The molecule has 1 saturated heterocycles. The van der Waals surface area contributed by atoms with Crippen LogP contribution in [0.2, 0.25) is 0 Å². The molecule has 1 amide bonds. The quantitative estimate of drug-likeness (QED) is 0.847. The number of ether oxygens (including phenoxy) is 1. The molecule has 7 heteroatoms. The molecule has 1 aliphatic rings. The van der Waals surface area contributed by atoms with Crippen molar-refractivity contribution in [2.45, 2.75) is 51.7 Å². The van der Waals surface area contributed by atoms with Crippen molar-refractivity contribution in [2.24, 2.45) is 0 Å². The van der Waals surface area contributed by atoms with Crippen molar-refractivity contribution < 1.29 is 17.9 Å². The van der Waals surface area contributed by atoms with E-state index in [2.05, 4.69) is 5.32 Å². The lowest BCUT2D eigenvalue weighted by atomic mass is 10.1. The second-order valence-electron chi connectivity index (χ2n) is 6.68. The van der Waals surface area contributed by atoms with Crippen LogP contribution in [0.15, 0.2) is 0 Å². The largest absolute Gasteiger partial charge is 0.444 e. The second kappa shape index (κ2) is 7.45. The van der Waals surface area contributed by atoms with Crippen molar-refractivity contribution in [1.29, 1.82) is 0 Å². The number of nitrogens with zero attached hydrogens (tertiary/aromatic N) is 1. The van der Waals surface area contributed by atoms with Crippen LogP contribution in [0.25, 0.3) is 0 Å². The molecular formula is C14H28N2O4S.